The zero-order valence-electron chi connectivity index (χ0n) is 17.8. The predicted molar refractivity (Wildman–Crippen MR) is 114 cm³/mol. The Balaban J connectivity index is 1.60. The molecule has 2 unspecified atom stereocenters. The Hall–Kier alpha value is -1.52. The molecule has 9 heteroatoms. The molecule has 2 aliphatic heterocycles. The predicted octanol–water partition coefficient (Wildman–Crippen LogP) is 1.23. The van der Waals surface area contributed by atoms with Crippen molar-refractivity contribution in [3.05, 3.63) is 29.8 Å². The lowest BCUT2D eigenvalue weighted by Crippen LogP contribution is -2.51. The zero-order chi connectivity index (χ0) is 21.6. The van der Waals surface area contributed by atoms with Crippen molar-refractivity contribution in [1.29, 1.82) is 0 Å². The summed E-state index contributed by atoms with van der Waals surface area (Å²) in [5.41, 5.74) is 0.333. The lowest BCUT2D eigenvalue weighted by Gasteiger charge is -2.36. The van der Waals surface area contributed by atoms with Crippen LogP contribution in [0.5, 0.6) is 0 Å². The fourth-order valence-corrected chi connectivity index (χ4v) is 5.00. The highest BCUT2D eigenvalue weighted by Gasteiger charge is 2.25. The van der Waals surface area contributed by atoms with Crippen LogP contribution in [0.25, 0.3) is 0 Å². The largest absolute Gasteiger partial charge is 0.379 e. The summed E-state index contributed by atoms with van der Waals surface area (Å²) in [6.45, 7) is 8.80. The third-order valence-corrected chi connectivity index (χ3v) is 7.11. The van der Waals surface area contributed by atoms with Gasteiger partial charge in [0.05, 0.1) is 24.2 Å². The number of nitrogens with zero attached hydrogens (tertiary/aromatic N) is 1. The Morgan fingerprint density at radius 2 is 2.00 bits per heavy atom. The maximum absolute atomic E-state index is 12.7. The van der Waals surface area contributed by atoms with E-state index in [-0.39, 0.29) is 29.5 Å². The van der Waals surface area contributed by atoms with Crippen LogP contribution in [0.2, 0.25) is 0 Å². The summed E-state index contributed by atoms with van der Waals surface area (Å²) in [6, 6.07) is 6.36. The van der Waals surface area contributed by atoms with E-state index in [0.29, 0.717) is 37.8 Å². The van der Waals surface area contributed by atoms with E-state index in [9.17, 15) is 13.2 Å². The van der Waals surface area contributed by atoms with Gasteiger partial charge in [-0.1, -0.05) is 19.9 Å². The van der Waals surface area contributed by atoms with E-state index < -0.39 is 10.0 Å². The number of rotatable bonds is 9. The monoisotopic (exact) mass is 439 g/mol. The fraction of sp³-hybridized carbons (Fsp3) is 0.667. The van der Waals surface area contributed by atoms with E-state index in [2.05, 4.69) is 28.8 Å². The first kappa shape index (κ1) is 23.1. The third kappa shape index (κ3) is 6.24. The van der Waals surface area contributed by atoms with Gasteiger partial charge in [0.1, 0.15) is 0 Å². The Kier molecular flexibility index (Phi) is 8.24. The van der Waals surface area contributed by atoms with Crippen LogP contribution in [0.3, 0.4) is 0 Å². The first-order chi connectivity index (χ1) is 14.4. The van der Waals surface area contributed by atoms with Crippen LogP contribution in [-0.4, -0.2) is 77.4 Å². The molecule has 0 bridgehead atoms. The van der Waals surface area contributed by atoms with Crippen LogP contribution in [-0.2, 0) is 19.5 Å². The average molecular weight is 440 g/mol. The van der Waals surface area contributed by atoms with Gasteiger partial charge in [0.2, 0.25) is 10.0 Å². The molecule has 1 amide bonds. The van der Waals surface area contributed by atoms with Crippen molar-refractivity contribution in [2.75, 3.05) is 46.0 Å². The van der Waals surface area contributed by atoms with Crippen molar-refractivity contribution < 1.29 is 22.7 Å². The number of ether oxygens (including phenoxy) is 2. The summed E-state index contributed by atoms with van der Waals surface area (Å²) >= 11 is 0. The molecule has 1 aromatic carbocycles. The van der Waals surface area contributed by atoms with Crippen LogP contribution in [0.1, 0.15) is 37.0 Å². The Morgan fingerprint density at radius 3 is 2.67 bits per heavy atom. The molecule has 8 nitrogen and oxygen atoms in total. The van der Waals surface area contributed by atoms with Gasteiger partial charge < -0.3 is 14.8 Å². The molecule has 3 rings (SSSR count). The minimum atomic E-state index is -3.70. The second-order valence-corrected chi connectivity index (χ2v) is 9.95. The van der Waals surface area contributed by atoms with Crippen LogP contribution in [0, 0.1) is 5.92 Å². The third-order valence-electron chi connectivity index (χ3n) is 5.69. The molecule has 0 spiro atoms. The summed E-state index contributed by atoms with van der Waals surface area (Å²) in [5.74, 6) is 0.0993. The van der Waals surface area contributed by atoms with Crippen molar-refractivity contribution in [2.45, 2.75) is 43.7 Å². The van der Waals surface area contributed by atoms with Crippen molar-refractivity contribution in [3.63, 3.8) is 0 Å². The number of carbonyl (C=O) groups is 1. The molecule has 0 aliphatic carbocycles. The number of amides is 1. The minimum absolute atomic E-state index is 0.0839. The number of hydrogen-bond acceptors (Lipinski definition) is 6. The Labute approximate surface area is 179 Å². The Morgan fingerprint density at radius 1 is 1.23 bits per heavy atom. The summed E-state index contributed by atoms with van der Waals surface area (Å²) in [6.07, 6.45) is 1.72. The molecule has 0 aromatic heterocycles. The standard InChI is InChI=1S/C21H33N3O5S/c1-16(2)20(24-8-11-28-12-9-24)15-22-21(25)17-5-3-7-19(13-17)30(26,27)23-14-18-6-4-10-29-18/h3,5,7,13,16,18,20,23H,4,6,8-12,14-15H2,1-2H3,(H,22,25). The van der Waals surface area contributed by atoms with Gasteiger partial charge in [-0.05, 0) is 37.0 Å². The van der Waals surface area contributed by atoms with Crippen molar-refractivity contribution in [1.82, 2.24) is 14.9 Å². The number of hydrogen-bond donors (Lipinski definition) is 2. The van der Waals surface area contributed by atoms with Crippen LogP contribution >= 0.6 is 0 Å². The van der Waals surface area contributed by atoms with E-state index in [4.69, 9.17) is 9.47 Å². The number of morpholine rings is 1. The molecule has 30 heavy (non-hydrogen) atoms. The molecule has 2 fully saturated rings. The SMILES string of the molecule is CC(C)C(CNC(=O)c1cccc(S(=O)(=O)NCC2CCCO2)c1)N1CCOCC1. The summed E-state index contributed by atoms with van der Waals surface area (Å²) in [4.78, 5) is 15.1. The maximum Gasteiger partial charge on any atom is 0.251 e. The molecule has 2 aliphatic rings. The number of nitrogens with one attached hydrogen (secondary N) is 2. The first-order valence-corrected chi connectivity index (χ1v) is 12.2. The van der Waals surface area contributed by atoms with Gasteiger partial charge in [-0.25, -0.2) is 13.1 Å². The normalized spacial score (nSPS) is 21.6. The molecule has 0 saturated carbocycles. The molecule has 1 aromatic rings. The van der Waals surface area contributed by atoms with Gasteiger partial charge in [-0.15, -0.1) is 0 Å². The van der Waals surface area contributed by atoms with Gasteiger partial charge in [0, 0.05) is 44.4 Å². The number of benzene rings is 1. The van der Waals surface area contributed by atoms with Crippen molar-refractivity contribution in [2.24, 2.45) is 5.92 Å². The second kappa shape index (κ2) is 10.7. The Bertz CT molecular complexity index is 803. The summed E-state index contributed by atoms with van der Waals surface area (Å²) in [7, 11) is -3.70. The van der Waals surface area contributed by atoms with Gasteiger partial charge >= 0.3 is 0 Å². The van der Waals surface area contributed by atoms with Gasteiger partial charge in [-0.2, -0.15) is 0 Å². The van der Waals surface area contributed by atoms with Crippen LogP contribution in [0.4, 0.5) is 0 Å². The van der Waals surface area contributed by atoms with E-state index >= 15 is 0 Å². The highest BCUT2D eigenvalue weighted by Crippen LogP contribution is 2.16. The second-order valence-electron chi connectivity index (χ2n) is 8.18. The van der Waals surface area contributed by atoms with E-state index in [1.165, 1.54) is 12.1 Å². The lowest BCUT2D eigenvalue weighted by molar-refractivity contribution is 0.00672. The molecule has 2 N–H and O–H groups in total. The van der Waals surface area contributed by atoms with Crippen molar-refractivity contribution >= 4 is 15.9 Å². The van der Waals surface area contributed by atoms with E-state index in [1.54, 1.807) is 12.1 Å². The van der Waals surface area contributed by atoms with E-state index in [0.717, 1.165) is 25.9 Å². The first-order valence-electron chi connectivity index (χ1n) is 10.7. The van der Waals surface area contributed by atoms with Gasteiger partial charge in [0.15, 0.2) is 0 Å². The zero-order valence-corrected chi connectivity index (χ0v) is 18.6. The number of sulfonamides is 1. The molecule has 2 atom stereocenters. The average Bonchev–Trinajstić information content (AvgIpc) is 3.27. The van der Waals surface area contributed by atoms with Crippen LogP contribution in [0.15, 0.2) is 29.2 Å². The number of carbonyl (C=O) groups excluding carboxylic acids is 1. The summed E-state index contributed by atoms with van der Waals surface area (Å²) < 4.78 is 38.7. The quantitative estimate of drug-likeness (QED) is 0.601. The molecule has 168 valence electrons. The highest BCUT2D eigenvalue weighted by atomic mass is 32.2. The molecule has 2 heterocycles. The molecule has 2 saturated heterocycles. The topological polar surface area (TPSA) is 97.0 Å². The maximum atomic E-state index is 12.7. The van der Waals surface area contributed by atoms with Crippen LogP contribution < -0.4 is 10.0 Å². The molecular weight excluding hydrogens is 406 g/mol. The van der Waals surface area contributed by atoms with E-state index in [1.807, 2.05) is 0 Å². The molecule has 0 radical (unpaired) electrons. The summed E-state index contributed by atoms with van der Waals surface area (Å²) in [5, 5.41) is 2.98. The molecular formula is C21H33N3O5S. The smallest absolute Gasteiger partial charge is 0.251 e. The minimum Gasteiger partial charge on any atom is -0.379 e. The van der Waals surface area contributed by atoms with Gasteiger partial charge in [0.25, 0.3) is 5.91 Å². The van der Waals surface area contributed by atoms with Gasteiger partial charge in [-0.3, -0.25) is 9.69 Å². The highest BCUT2D eigenvalue weighted by molar-refractivity contribution is 7.89. The lowest BCUT2D eigenvalue weighted by atomic mass is 10.0. The van der Waals surface area contributed by atoms with Crippen molar-refractivity contribution in [3.8, 4) is 0 Å². The fourth-order valence-electron chi connectivity index (χ4n) is 3.89.